The summed E-state index contributed by atoms with van der Waals surface area (Å²) >= 11 is 0. The Balaban J connectivity index is 2.38. The summed E-state index contributed by atoms with van der Waals surface area (Å²) in [6, 6.07) is -0.366. The minimum absolute atomic E-state index is 0.366. The zero-order valence-electron chi connectivity index (χ0n) is 9.61. The summed E-state index contributed by atoms with van der Waals surface area (Å²) in [4.78, 5) is 12.9. The van der Waals surface area contributed by atoms with Gasteiger partial charge in [0.2, 0.25) is 0 Å². The van der Waals surface area contributed by atoms with Crippen molar-refractivity contribution in [2.24, 2.45) is 5.92 Å². The van der Waals surface area contributed by atoms with Crippen LogP contribution >= 0.6 is 0 Å². The van der Waals surface area contributed by atoms with Crippen molar-refractivity contribution in [1.29, 1.82) is 0 Å². The van der Waals surface area contributed by atoms with Gasteiger partial charge in [-0.1, -0.05) is 0 Å². The largest absolute Gasteiger partial charge is 0.480 e. The first kappa shape index (κ1) is 12.5. The first-order valence-corrected chi connectivity index (χ1v) is 5.69. The number of piperidine rings is 1. The van der Waals surface area contributed by atoms with E-state index in [-0.39, 0.29) is 6.04 Å². The second-order valence-corrected chi connectivity index (χ2v) is 4.18. The monoisotopic (exact) mass is 215 g/mol. The van der Waals surface area contributed by atoms with Gasteiger partial charge >= 0.3 is 5.97 Å². The van der Waals surface area contributed by atoms with E-state index >= 15 is 0 Å². The zero-order chi connectivity index (χ0) is 11.3. The number of likely N-dealkylation sites (tertiary alicyclic amines) is 1. The van der Waals surface area contributed by atoms with Crippen LogP contribution in [0.25, 0.3) is 0 Å². The summed E-state index contributed by atoms with van der Waals surface area (Å²) in [6.45, 7) is 7.00. The van der Waals surface area contributed by atoms with Crippen molar-refractivity contribution < 1.29 is 14.6 Å². The molecule has 0 bridgehead atoms. The lowest BCUT2D eigenvalue weighted by molar-refractivity contribution is -0.143. The summed E-state index contributed by atoms with van der Waals surface area (Å²) < 4.78 is 5.39. The summed E-state index contributed by atoms with van der Waals surface area (Å²) in [5, 5.41) is 8.92. The number of rotatable bonds is 5. The Morgan fingerprint density at radius 2 is 2.40 bits per heavy atom. The van der Waals surface area contributed by atoms with Crippen molar-refractivity contribution >= 4 is 5.97 Å². The SMILES string of the molecule is CCOC[C@@H]1CCCN([C@@H](C)C(=O)O)C1. The standard InChI is InChI=1S/C11H21NO3/c1-3-15-8-10-5-4-6-12(7-10)9(2)11(13)14/h9-10H,3-8H2,1-2H3,(H,13,14)/t9-,10+/m0/s1. The van der Waals surface area contributed by atoms with Gasteiger partial charge in [-0.05, 0) is 39.2 Å². The molecule has 4 heteroatoms. The molecular weight excluding hydrogens is 194 g/mol. The molecule has 1 heterocycles. The molecule has 0 aromatic rings. The molecule has 1 rings (SSSR count). The first-order chi connectivity index (χ1) is 7.15. The molecule has 88 valence electrons. The van der Waals surface area contributed by atoms with Gasteiger partial charge in [0.05, 0.1) is 6.61 Å². The molecule has 0 aromatic carbocycles. The molecule has 2 atom stereocenters. The Bertz CT molecular complexity index is 208. The Kier molecular flexibility index (Phi) is 5.05. The highest BCUT2D eigenvalue weighted by Crippen LogP contribution is 2.18. The number of carbonyl (C=O) groups is 1. The second-order valence-electron chi connectivity index (χ2n) is 4.18. The van der Waals surface area contributed by atoms with Gasteiger partial charge in [-0.3, -0.25) is 9.69 Å². The van der Waals surface area contributed by atoms with Gasteiger partial charge in [0, 0.05) is 13.2 Å². The van der Waals surface area contributed by atoms with Crippen LogP contribution in [0, 0.1) is 5.92 Å². The van der Waals surface area contributed by atoms with Crippen molar-refractivity contribution in [2.75, 3.05) is 26.3 Å². The quantitative estimate of drug-likeness (QED) is 0.749. The molecule has 0 unspecified atom stereocenters. The highest BCUT2D eigenvalue weighted by molar-refractivity contribution is 5.72. The van der Waals surface area contributed by atoms with E-state index in [0.717, 1.165) is 39.1 Å². The molecule has 0 amide bonds. The highest BCUT2D eigenvalue weighted by atomic mass is 16.5. The fourth-order valence-electron chi connectivity index (χ4n) is 2.03. The van der Waals surface area contributed by atoms with E-state index in [1.807, 2.05) is 11.8 Å². The topological polar surface area (TPSA) is 49.8 Å². The van der Waals surface area contributed by atoms with Crippen LogP contribution in [-0.2, 0) is 9.53 Å². The van der Waals surface area contributed by atoms with Crippen LogP contribution in [0.5, 0.6) is 0 Å². The van der Waals surface area contributed by atoms with E-state index in [9.17, 15) is 4.79 Å². The lowest BCUT2D eigenvalue weighted by Gasteiger charge is -2.34. The lowest BCUT2D eigenvalue weighted by atomic mass is 9.98. The van der Waals surface area contributed by atoms with Crippen molar-refractivity contribution in [3.63, 3.8) is 0 Å². The van der Waals surface area contributed by atoms with Gasteiger partial charge in [0.15, 0.2) is 0 Å². The third-order valence-electron chi connectivity index (χ3n) is 3.01. The Labute approximate surface area is 91.2 Å². The first-order valence-electron chi connectivity index (χ1n) is 5.69. The third kappa shape index (κ3) is 3.80. The molecule has 0 aromatic heterocycles. The number of carboxylic acid groups (broad SMARTS) is 1. The van der Waals surface area contributed by atoms with E-state index in [1.165, 1.54) is 0 Å². The van der Waals surface area contributed by atoms with E-state index in [4.69, 9.17) is 9.84 Å². The van der Waals surface area contributed by atoms with Gasteiger partial charge < -0.3 is 9.84 Å². The van der Waals surface area contributed by atoms with E-state index in [2.05, 4.69) is 0 Å². The normalized spacial score (nSPS) is 25.1. The average Bonchev–Trinajstić information content (AvgIpc) is 2.25. The molecule has 0 aliphatic carbocycles. The Morgan fingerprint density at radius 1 is 1.67 bits per heavy atom. The van der Waals surface area contributed by atoms with Crippen LogP contribution in [0.2, 0.25) is 0 Å². The summed E-state index contributed by atoms with van der Waals surface area (Å²) in [7, 11) is 0. The molecule has 1 fully saturated rings. The van der Waals surface area contributed by atoms with Gasteiger partial charge in [0.1, 0.15) is 6.04 Å². The maximum absolute atomic E-state index is 10.8. The molecule has 15 heavy (non-hydrogen) atoms. The van der Waals surface area contributed by atoms with Crippen molar-refractivity contribution in [1.82, 2.24) is 4.90 Å². The maximum Gasteiger partial charge on any atom is 0.320 e. The van der Waals surface area contributed by atoms with Crippen LogP contribution < -0.4 is 0 Å². The van der Waals surface area contributed by atoms with Gasteiger partial charge in [0.25, 0.3) is 0 Å². The second kappa shape index (κ2) is 6.08. The fraction of sp³-hybridized carbons (Fsp3) is 0.909. The predicted molar refractivity (Wildman–Crippen MR) is 57.9 cm³/mol. The number of hydrogen-bond donors (Lipinski definition) is 1. The van der Waals surface area contributed by atoms with Crippen LogP contribution in [0.3, 0.4) is 0 Å². The van der Waals surface area contributed by atoms with Gasteiger partial charge in [-0.25, -0.2) is 0 Å². The summed E-state index contributed by atoms with van der Waals surface area (Å²) in [5.74, 6) is -0.229. The van der Waals surface area contributed by atoms with E-state index in [1.54, 1.807) is 6.92 Å². The lowest BCUT2D eigenvalue weighted by Crippen LogP contribution is -2.45. The fourth-order valence-corrected chi connectivity index (χ4v) is 2.03. The number of nitrogens with zero attached hydrogens (tertiary/aromatic N) is 1. The Hall–Kier alpha value is -0.610. The van der Waals surface area contributed by atoms with Gasteiger partial charge in [-0.15, -0.1) is 0 Å². The molecule has 4 nitrogen and oxygen atoms in total. The zero-order valence-corrected chi connectivity index (χ0v) is 9.61. The number of hydrogen-bond acceptors (Lipinski definition) is 3. The van der Waals surface area contributed by atoms with E-state index < -0.39 is 5.97 Å². The molecule has 1 aliphatic rings. The molecular formula is C11H21NO3. The predicted octanol–water partition coefficient (Wildman–Crippen LogP) is 1.21. The number of aliphatic carboxylic acids is 1. The summed E-state index contributed by atoms with van der Waals surface area (Å²) in [5.41, 5.74) is 0. The molecule has 0 spiro atoms. The molecule has 1 saturated heterocycles. The van der Waals surface area contributed by atoms with Gasteiger partial charge in [-0.2, -0.15) is 0 Å². The minimum Gasteiger partial charge on any atom is -0.480 e. The third-order valence-corrected chi connectivity index (χ3v) is 3.01. The molecule has 1 aliphatic heterocycles. The van der Waals surface area contributed by atoms with Crippen LogP contribution in [-0.4, -0.2) is 48.3 Å². The smallest absolute Gasteiger partial charge is 0.320 e. The van der Waals surface area contributed by atoms with Crippen molar-refractivity contribution in [3.05, 3.63) is 0 Å². The van der Waals surface area contributed by atoms with Crippen LogP contribution in [0.1, 0.15) is 26.7 Å². The van der Waals surface area contributed by atoms with Crippen LogP contribution in [0.4, 0.5) is 0 Å². The van der Waals surface area contributed by atoms with Crippen LogP contribution in [0.15, 0.2) is 0 Å². The Morgan fingerprint density at radius 3 is 3.00 bits per heavy atom. The highest BCUT2D eigenvalue weighted by Gasteiger charge is 2.26. The molecule has 1 N–H and O–H groups in total. The minimum atomic E-state index is -0.730. The number of carboxylic acids is 1. The molecule has 0 saturated carbocycles. The maximum atomic E-state index is 10.8. The average molecular weight is 215 g/mol. The summed E-state index contributed by atoms with van der Waals surface area (Å²) in [6.07, 6.45) is 2.23. The number of ether oxygens (including phenoxy) is 1. The van der Waals surface area contributed by atoms with Crippen molar-refractivity contribution in [3.8, 4) is 0 Å². The van der Waals surface area contributed by atoms with Crippen molar-refractivity contribution in [2.45, 2.75) is 32.7 Å². The molecule has 0 radical (unpaired) electrons. The van der Waals surface area contributed by atoms with E-state index in [0.29, 0.717) is 5.92 Å².